The van der Waals surface area contributed by atoms with E-state index in [0.717, 1.165) is 0 Å². The van der Waals surface area contributed by atoms with Gasteiger partial charge in [-0.3, -0.25) is 4.79 Å². The predicted molar refractivity (Wildman–Crippen MR) is 120 cm³/mol. The summed E-state index contributed by atoms with van der Waals surface area (Å²) in [7, 11) is -0.742. The number of hydrogen-bond acceptors (Lipinski definition) is 4. The smallest absolute Gasteiger partial charge is 0.284 e. The van der Waals surface area contributed by atoms with Crippen LogP contribution in [0.1, 0.15) is 5.56 Å². The zero-order chi connectivity index (χ0) is 21.9. The van der Waals surface area contributed by atoms with Gasteiger partial charge in [0.05, 0.1) is 11.3 Å². The number of anilines is 1. The molecule has 0 aliphatic rings. The number of sulfonamides is 1. The number of carbonyl (C=O) groups excluding carboxylic acids is 1. The van der Waals surface area contributed by atoms with Crippen LogP contribution in [0.15, 0.2) is 58.0 Å². The number of aromatic nitrogens is 1. The van der Waals surface area contributed by atoms with Gasteiger partial charge in [-0.05, 0) is 29.8 Å². The summed E-state index contributed by atoms with van der Waals surface area (Å²) in [6.07, 6.45) is 2.67. The average Bonchev–Trinajstić information content (AvgIpc) is 2.68. The number of amides is 1. The molecule has 0 aliphatic carbocycles. The van der Waals surface area contributed by atoms with Crippen molar-refractivity contribution in [3.05, 3.63) is 64.4 Å². The largest absolute Gasteiger partial charge is 0.368 e. The van der Waals surface area contributed by atoms with Crippen molar-refractivity contribution in [1.29, 1.82) is 0 Å². The van der Waals surface area contributed by atoms with Gasteiger partial charge in [0, 0.05) is 41.8 Å². The number of hydrogen-bond donors (Lipinski definition) is 1. The van der Waals surface area contributed by atoms with Crippen LogP contribution in [-0.4, -0.2) is 44.6 Å². The molecular weight excluding hydrogens is 447 g/mol. The molecule has 156 valence electrons. The summed E-state index contributed by atoms with van der Waals surface area (Å²) >= 11 is 12.1. The molecule has 0 unspecified atom stereocenters. The molecule has 0 aliphatic heterocycles. The Bertz CT molecular complexity index is 1240. The third-order valence-corrected chi connectivity index (χ3v) is 5.89. The molecule has 0 atom stereocenters. The number of fused-ring (bicyclic) bond motifs is 1. The summed E-state index contributed by atoms with van der Waals surface area (Å²) in [5.41, 5.74) is 0.955. The minimum absolute atomic E-state index is 0.0391. The number of rotatable bonds is 6. The van der Waals surface area contributed by atoms with Crippen molar-refractivity contribution in [2.75, 3.05) is 19.4 Å². The van der Waals surface area contributed by atoms with Crippen LogP contribution in [-0.2, 0) is 21.2 Å². The second-order valence-corrected chi connectivity index (χ2v) is 9.07. The number of pyridine rings is 1. The fraction of sp³-hybridized carbons (Fsp3) is 0.150. The zero-order valence-corrected chi connectivity index (χ0v) is 18.5. The highest BCUT2D eigenvalue weighted by Gasteiger charge is 2.19. The van der Waals surface area contributed by atoms with E-state index >= 15 is 0 Å². The van der Waals surface area contributed by atoms with Gasteiger partial charge < -0.3 is 10.2 Å². The lowest BCUT2D eigenvalue weighted by Crippen LogP contribution is -2.15. The van der Waals surface area contributed by atoms with Crippen molar-refractivity contribution in [2.24, 2.45) is 4.40 Å². The maximum absolute atomic E-state index is 12.8. The van der Waals surface area contributed by atoms with E-state index in [1.807, 2.05) is 0 Å². The van der Waals surface area contributed by atoms with E-state index in [1.54, 1.807) is 44.4 Å². The summed E-state index contributed by atoms with van der Waals surface area (Å²) in [6.45, 7) is 0. The molecule has 0 spiro atoms. The van der Waals surface area contributed by atoms with Crippen molar-refractivity contribution >= 4 is 61.9 Å². The number of nitrogens with one attached hydrogen (secondary N) is 1. The van der Waals surface area contributed by atoms with Crippen LogP contribution in [0.2, 0.25) is 10.2 Å². The van der Waals surface area contributed by atoms with Gasteiger partial charge in [-0.2, -0.15) is 8.42 Å². The topological polar surface area (TPSA) is 91.7 Å². The van der Waals surface area contributed by atoms with Crippen molar-refractivity contribution in [2.45, 2.75) is 11.3 Å². The van der Waals surface area contributed by atoms with E-state index in [2.05, 4.69) is 14.7 Å². The van der Waals surface area contributed by atoms with Gasteiger partial charge >= 0.3 is 0 Å². The summed E-state index contributed by atoms with van der Waals surface area (Å²) < 4.78 is 29.3. The minimum Gasteiger partial charge on any atom is -0.368 e. The Morgan fingerprint density at radius 1 is 1.20 bits per heavy atom. The van der Waals surface area contributed by atoms with Crippen LogP contribution >= 0.6 is 23.2 Å². The maximum atomic E-state index is 12.8. The van der Waals surface area contributed by atoms with Crippen LogP contribution in [0.4, 0.5) is 5.69 Å². The predicted octanol–water partition coefficient (Wildman–Crippen LogP) is 4.00. The third-order valence-electron chi connectivity index (χ3n) is 4.05. The normalized spacial score (nSPS) is 11.7. The van der Waals surface area contributed by atoms with Gasteiger partial charge in [0.15, 0.2) is 0 Å². The average molecular weight is 465 g/mol. The molecule has 1 heterocycles. The maximum Gasteiger partial charge on any atom is 0.284 e. The van der Waals surface area contributed by atoms with E-state index in [9.17, 15) is 13.2 Å². The van der Waals surface area contributed by atoms with Crippen molar-refractivity contribution in [1.82, 2.24) is 9.88 Å². The van der Waals surface area contributed by atoms with Gasteiger partial charge in [-0.15, -0.1) is 4.40 Å². The number of halogens is 2. The fourth-order valence-electron chi connectivity index (χ4n) is 2.72. The first-order valence-corrected chi connectivity index (χ1v) is 10.9. The molecule has 0 fully saturated rings. The van der Waals surface area contributed by atoms with Gasteiger partial charge in [0.2, 0.25) is 5.91 Å². The quantitative estimate of drug-likeness (QED) is 0.338. The van der Waals surface area contributed by atoms with Crippen molar-refractivity contribution in [3.63, 3.8) is 0 Å². The summed E-state index contributed by atoms with van der Waals surface area (Å²) in [5, 5.41) is 4.19. The van der Waals surface area contributed by atoms with Crippen LogP contribution in [0.25, 0.3) is 10.8 Å². The molecule has 0 bridgehead atoms. The summed E-state index contributed by atoms with van der Waals surface area (Å²) in [5.74, 6) is -0.343. The molecule has 0 radical (unpaired) electrons. The lowest BCUT2D eigenvalue weighted by Gasteiger charge is -2.11. The highest BCUT2D eigenvalue weighted by atomic mass is 35.5. The minimum atomic E-state index is -4.05. The van der Waals surface area contributed by atoms with E-state index in [-0.39, 0.29) is 22.4 Å². The molecule has 3 rings (SSSR count). The van der Waals surface area contributed by atoms with Crippen LogP contribution < -0.4 is 5.32 Å². The molecule has 1 aromatic heterocycles. The molecule has 30 heavy (non-hydrogen) atoms. The molecule has 0 saturated heterocycles. The number of carbonyl (C=O) groups is 1. The van der Waals surface area contributed by atoms with Gasteiger partial charge in [0.1, 0.15) is 11.5 Å². The summed E-state index contributed by atoms with van der Waals surface area (Å²) in [4.78, 5) is 17.9. The lowest BCUT2D eigenvalue weighted by atomic mass is 10.1. The Morgan fingerprint density at radius 2 is 1.93 bits per heavy atom. The van der Waals surface area contributed by atoms with Crippen LogP contribution in [0, 0.1) is 0 Å². The molecular formula is C20H18Cl2N4O3S. The molecule has 1 amide bonds. The second-order valence-electron chi connectivity index (χ2n) is 6.68. The highest BCUT2D eigenvalue weighted by molar-refractivity contribution is 7.90. The third kappa shape index (κ3) is 5.27. The van der Waals surface area contributed by atoms with E-state index in [0.29, 0.717) is 27.0 Å². The molecule has 7 nitrogen and oxygen atoms in total. The lowest BCUT2D eigenvalue weighted by molar-refractivity contribution is -0.115. The molecule has 2 aromatic carbocycles. The fourth-order valence-corrected chi connectivity index (χ4v) is 4.23. The summed E-state index contributed by atoms with van der Waals surface area (Å²) in [6, 6.07) is 11.4. The van der Waals surface area contributed by atoms with Gasteiger partial charge in [-0.25, -0.2) is 4.98 Å². The first-order valence-electron chi connectivity index (χ1n) is 8.75. The van der Waals surface area contributed by atoms with Crippen molar-refractivity contribution < 1.29 is 13.2 Å². The van der Waals surface area contributed by atoms with Gasteiger partial charge in [-0.1, -0.05) is 41.4 Å². The van der Waals surface area contributed by atoms with Crippen LogP contribution in [0.3, 0.4) is 0 Å². The standard InChI is InChI=1S/C20H18Cl2N4O3S/c1-26(2)12-24-30(28,29)18-9-15(7-14-11-23-19(22)10-16(14)18)25-20(27)8-13-5-3-4-6-17(13)21/h3-7,9-12H,8H2,1-2H3,(H,25,27). The number of benzene rings is 2. The molecule has 10 heteroatoms. The monoisotopic (exact) mass is 464 g/mol. The van der Waals surface area contributed by atoms with E-state index in [1.165, 1.54) is 29.6 Å². The Kier molecular flexibility index (Phi) is 6.60. The Balaban J connectivity index is 2.01. The zero-order valence-electron chi connectivity index (χ0n) is 16.1. The van der Waals surface area contributed by atoms with Crippen LogP contribution in [0.5, 0.6) is 0 Å². The molecule has 1 N–H and O–H groups in total. The van der Waals surface area contributed by atoms with E-state index in [4.69, 9.17) is 23.2 Å². The van der Waals surface area contributed by atoms with Gasteiger partial charge in [0.25, 0.3) is 10.0 Å². The molecule has 0 saturated carbocycles. The highest BCUT2D eigenvalue weighted by Crippen LogP contribution is 2.30. The Hall–Kier alpha value is -2.68. The first-order chi connectivity index (χ1) is 14.2. The Morgan fingerprint density at radius 3 is 2.63 bits per heavy atom. The van der Waals surface area contributed by atoms with Crippen molar-refractivity contribution in [3.8, 4) is 0 Å². The first kappa shape index (κ1) is 22.0. The molecule has 3 aromatic rings. The number of nitrogens with zero attached hydrogens (tertiary/aromatic N) is 3. The SMILES string of the molecule is CN(C)C=NS(=O)(=O)c1cc(NC(=O)Cc2ccccc2Cl)cc2cnc(Cl)cc12. The second kappa shape index (κ2) is 8.99. The Labute approximate surface area is 184 Å². The van der Waals surface area contributed by atoms with E-state index < -0.39 is 10.0 Å².